The van der Waals surface area contributed by atoms with Crippen LogP contribution in [0.1, 0.15) is 6.92 Å². The van der Waals surface area contributed by atoms with Crippen LogP contribution in [-0.2, 0) is 4.79 Å². The summed E-state index contributed by atoms with van der Waals surface area (Å²) >= 11 is 0. The van der Waals surface area contributed by atoms with Gasteiger partial charge in [0.25, 0.3) is 0 Å². The number of rotatable bonds is 4. The molecule has 0 bridgehead atoms. The lowest BCUT2D eigenvalue weighted by Crippen LogP contribution is -2.67. The Labute approximate surface area is 78.7 Å². The van der Waals surface area contributed by atoms with Crippen LogP contribution >= 0.6 is 0 Å². The number of nitrogens with two attached hydrogens (primary N) is 2. The molecule has 7 N–H and O–H groups in total. The highest BCUT2D eigenvalue weighted by Gasteiger charge is 2.53. The van der Waals surface area contributed by atoms with Crippen LogP contribution in [0.25, 0.3) is 0 Å². The number of hydrogen-bond donors (Lipinski definition) is 5. The van der Waals surface area contributed by atoms with Gasteiger partial charge < -0.3 is 16.2 Å². The maximum absolute atomic E-state index is 10.6. The van der Waals surface area contributed by atoms with Crippen LogP contribution in [-0.4, -0.2) is 33.7 Å². The van der Waals surface area contributed by atoms with Gasteiger partial charge in [-0.2, -0.15) is 0 Å². The predicted octanol–water partition coefficient (Wildman–Crippen LogP) is -2.13. The van der Waals surface area contributed by atoms with Crippen LogP contribution in [0.3, 0.4) is 0 Å². The van der Waals surface area contributed by atoms with E-state index in [-0.39, 0.29) is 0 Å². The highest BCUT2D eigenvalue weighted by molar-refractivity contribution is 5.80. The first-order chi connectivity index (χ1) is 6.22. The van der Waals surface area contributed by atoms with E-state index < -0.39 is 28.6 Å². The molecule has 0 saturated carbocycles. The van der Waals surface area contributed by atoms with Gasteiger partial charge >= 0.3 is 11.6 Å². The van der Waals surface area contributed by atoms with Crippen molar-refractivity contribution in [2.45, 2.75) is 18.6 Å². The molecule has 0 heterocycles. The van der Waals surface area contributed by atoms with Gasteiger partial charge in [0.1, 0.15) is 6.04 Å². The Morgan fingerprint density at radius 1 is 1.79 bits per heavy atom. The van der Waals surface area contributed by atoms with E-state index in [0.717, 1.165) is 6.92 Å². The predicted molar refractivity (Wildman–Crippen MR) is 46.1 cm³/mol. The smallest absolute Gasteiger partial charge is 0.401 e. The minimum atomic E-state index is -2.70. The van der Waals surface area contributed by atoms with E-state index in [1.807, 2.05) is 0 Å². The summed E-state index contributed by atoms with van der Waals surface area (Å²) in [6.45, 7) is 1.15. The molecule has 80 valence electrons. The van der Waals surface area contributed by atoms with Crippen LogP contribution in [0.2, 0.25) is 0 Å². The minimum absolute atomic E-state index is 0.588. The van der Waals surface area contributed by atoms with Gasteiger partial charge in [-0.05, 0) is 6.92 Å². The van der Waals surface area contributed by atoms with Crippen LogP contribution in [0.15, 0.2) is 0 Å². The summed E-state index contributed by atoms with van der Waals surface area (Å²) in [5.41, 5.74) is 7.25. The van der Waals surface area contributed by atoms with Crippen LogP contribution in [0.4, 0.5) is 0 Å². The number of aliphatic carboxylic acids is 1. The number of hydrogen-bond acceptors (Lipinski definition) is 5. The standard InChI is InChI=1S/C5H11N5O4/c1-2(9-4(6)7)5(8,3(11)12)10(13)14/h2H,8H2,1H3,(H,11,12)(H4,6,7,9). The fourth-order valence-electron chi connectivity index (χ4n) is 0.765. The van der Waals surface area contributed by atoms with Gasteiger partial charge in [0.2, 0.25) is 0 Å². The van der Waals surface area contributed by atoms with Gasteiger partial charge in [-0.1, -0.05) is 0 Å². The SMILES string of the molecule is CC(NC(=N)N)C(N)(C(=O)O)[N+](=O)[O-]. The minimum Gasteiger partial charge on any atom is -0.475 e. The van der Waals surface area contributed by atoms with Gasteiger partial charge in [0, 0.05) is 0 Å². The summed E-state index contributed by atoms with van der Waals surface area (Å²) in [7, 11) is 0. The molecule has 0 rings (SSSR count). The zero-order valence-electron chi connectivity index (χ0n) is 7.35. The van der Waals surface area contributed by atoms with Gasteiger partial charge in [-0.25, -0.2) is 4.79 Å². The van der Waals surface area contributed by atoms with E-state index in [2.05, 4.69) is 5.32 Å². The molecule has 0 aliphatic carbocycles. The second-order valence-corrected chi connectivity index (χ2v) is 2.67. The largest absolute Gasteiger partial charge is 0.475 e. The van der Waals surface area contributed by atoms with Crippen molar-refractivity contribution >= 4 is 11.9 Å². The molecule has 0 fully saturated rings. The zero-order valence-corrected chi connectivity index (χ0v) is 7.35. The molecular weight excluding hydrogens is 194 g/mol. The van der Waals surface area contributed by atoms with E-state index in [0.29, 0.717) is 0 Å². The van der Waals surface area contributed by atoms with Crippen LogP contribution in [0.5, 0.6) is 0 Å². The van der Waals surface area contributed by atoms with E-state index >= 15 is 0 Å². The first-order valence-electron chi connectivity index (χ1n) is 3.50. The third-order valence-electron chi connectivity index (χ3n) is 1.68. The molecule has 0 aromatic heterocycles. The molecular formula is C5H11N5O4. The van der Waals surface area contributed by atoms with Crippen molar-refractivity contribution in [1.82, 2.24) is 5.32 Å². The van der Waals surface area contributed by atoms with E-state index in [1.54, 1.807) is 0 Å². The molecule has 2 atom stereocenters. The zero-order chi connectivity index (χ0) is 11.5. The highest BCUT2D eigenvalue weighted by atomic mass is 16.6. The molecule has 0 amide bonds. The molecule has 9 nitrogen and oxygen atoms in total. The summed E-state index contributed by atoms with van der Waals surface area (Å²) in [6, 6.07) is -1.30. The quantitative estimate of drug-likeness (QED) is 0.115. The maximum atomic E-state index is 10.6. The van der Waals surface area contributed by atoms with Crippen molar-refractivity contribution in [3.8, 4) is 0 Å². The fourth-order valence-corrected chi connectivity index (χ4v) is 0.765. The summed E-state index contributed by atoms with van der Waals surface area (Å²) in [5.74, 6) is -2.39. The first kappa shape index (κ1) is 12.1. The van der Waals surface area contributed by atoms with Crippen molar-refractivity contribution < 1.29 is 14.8 Å². The Morgan fingerprint density at radius 2 is 2.21 bits per heavy atom. The van der Waals surface area contributed by atoms with Gasteiger partial charge in [-0.15, -0.1) is 0 Å². The summed E-state index contributed by atoms with van der Waals surface area (Å²) in [6.07, 6.45) is 0. The second-order valence-electron chi connectivity index (χ2n) is 2.67. The third kappa shape index (κ3) is 2.07. The monoisotopic (exact) mass is 205 g/mol. The van der Waals surface area contributed by atoms with Crippen molar-refractivity contribution in [3.63, 3.8) is 0 Å². The lowest BCUT2D eigenvalue weighted by molar-refractivity contribution is -0.557. The van der Waals surface area contributed by atoms with Crippen molar-refractivity contribution in [1.29, 1.82) is 5.41 Å². The van der Waals surface area contributed by atoms with Crippen molar-refractivity contribution in [3.05, 3.63) is 10.1 Å². The Morgan fingerprint density at radius 3 is 2.43 bits per heavy atom. The Kier molecular flexibility index (Phi) is 3.35. The molecule has 14 heavy (non-hydrogen) atoms. The highest BCUT2D eigenvalue weighted by Crippen LogP contribution is 2.08. The molecule has 0 saturated heterocycles. The number of carbonyl (C=O) groups is 1. The molecule has 0 aromatic carbocycles. The molecule has 0 radical (unpaired) electrons. The van der Waals surface area contributed by atoms with Crippen molar-refractivity contribution in [2.24, 2.45) is 11.5 Å². The molecule has 0 spiro atoms. The Hall–Kier alpha value is -1.90. The second kappa shape index (κ2) is 3.87. The number of carboxylic acid groups (broad SMARTS) is 1. The summed E-state index contributed by atoms with van der Waals surface area (Å²) in [5, 5.41) is 27.8. The van der Waals surface area contributed by atoms with Gasteiger partial charge in [-0.3, -0.25) is 21.3 Å². The van der Waals surface area contributed by atoms with Crippen molar-refractivity contribution in [2.75, 3.05) is 0 Å². The number of nitrogens with one attached hydrogen (secondary N) is 2. The molecule has 0 aliphatic rings. The molecule has 0 aromatic rings. The molecule has 0 aliphatic heterocycles. The van der Waals surface area contributed by atoms with Gasteiger partial charge in [0.05, 0.1) is 4.92 Å². The average molecular weight is 205 g/mol. The Balaban J connectivity index is 4.92. The van der Waals surface area contributed by atoms with Crippen LogP contribution in [0, 0.1) is 15.5 Å². The summed E-state index contributed by atoms with van der Waals surface area (Å²) < 4.78 is 0. The van der Waals surface area contributed by atoms with E-state index in [1.165, 1.54) is 0 Å². The lowest BCUT2D eigenvalue weighted by Gasteiger charge is -2.23. The lowest BCUT2D eigenvalue weighted by atomic mass is 10.0. The maximum Gasteiger partial charge on any atom is 0.401 e. The topological polar surface area (TPSA) is 168 Å². The third-order valence-corrected chi connectivity index (χ3v) is 1.68. The van der Waals surface area contributed by atoms with Gasteiger partial charge in [0.15, 0.2) is 5.96 Å². The van der Waals surface area contributed by atoms with E-state index in [9.17, 15) is 14.9 Å². The molecule has 9 heteroatoms. The van der Waals surface area contributed by atoms with E-state index in [4.69, 9.17) is 22.0 Å². The van der Waals surface area contributed by atoms with Crippen LogP contribution < -0.4 is 16.8 Å². The number of carboxylic acids is 1. The Bertz CT molecular complexity index is 263. The number of guanidine groups is 1. The normalized spacial score (nSPS) is 16.4. The number of nitro groups is 1. The average Bonchev–Trinajstić information content (AvgIpc) is 2.00. The number of nitrogens with zero attached hydrogens (tertiary/aromatic N) is 1. The fraction of sp³-hybridized carbons (Fsp3) is 0.600. The first-order valence-corrected chi connectivity index (χ1v) is 3.50. The summed E-state index contributed by atoms with van der Waals surface area (Å²) in [4.78, 5) is 19.9. The molecule has 2 unspecified atom stereocenters.